The first-order valence-corrected chi connectivity index (χ1v) is 6.51. The first-order chi connectivity index (χ1) is 8.58. The summed E-state index contributed by atoms with van der Waals surface area (Å²) >= 11 is 5.30. The second kappa shape index (κ2) is 7.28. The van der Waals surface area contributed by atoms with E-state index < -0.39 is 0 Å². The molecular formula is C13H21N3OS. The molecule has 0 saturated heterocycles. The van der Waals surface area contributed by atoms with Crippen LogP contribution in [0.4, 0.5) is 0 Å². The van der Waals surface area contributed by atoms with Crippen LogP contribution in [-0.2, 0) is 6.54 Å². The average molecular weight is 267 g/mol. The van der Waals surface area contributed by atoms with Crippen LogP contribution in [-0.4, -0.2) is 23.1 Å². The van der Waals surface area contributed by atoms with Crippen LogP contribution in [0.3, 0.4) is 0 Å². The third kappa shape index (κ3) is 4.23. The highest BCUT2D eigenvalue weighted by Crippen LogP contribution is 2.09. The van der Waals surface area contributed by atoms with Crippen molar-refractivity contribution in [3.05, 3.63) is 23.9 Å². The van der Waals surface area contributed by atoms with Crippen LogP contribution in [0.15, 0.2) is 18.3 Å². The van der Waals surface area contributed by atoms with Gasteiger partial charge in [-0.1, -0.05) is 32.5 Å². The Morgan fingerprint density at radius 2 is 2.33 bits per heavy atom. The fraction of sp³-hybridized carbons (Fsp3) is 0.538. The van der Waals surface area contributed by atoms with Gasteiger partial charge in [-0.2, -0.15) is 0 Å². The van der Waals surface area contributed by atoms with Crippen molar-refractivity contribution in [3.63, 3.8) is 0 Å². The Kier molecular flexibility index (Phi) is 6.01. The van der Waals surface area contributed by atoms with Gasteiger partial charge in [-0.25, -0.2) is 4.98 Å². The van der Waals surface area contributed by atoms with Gasteiger partial charge >= 0.3 is 0 Å². The number of ether oxygens (including phenoxy) is 1. The molecule has 100 valence electrons. The summed E-state index contributed by atoms with van der Waals surface area (Å²) in [4.78, 5) is 4.76. The van der Waals surface area contributed by atoms with Gasteiger partial charge in [0.05, 0.1) is 18.1 Å². The maximum atomic E-state index is 6.05. The predicted molar refractivity (Wildman–Crippen MR) is 77.7 cm³/mol. The lowest BCUT2D eigenvalue weighted by atomic mass is 10.00. The summed E-state index contributed by atoms with van der Waals surface area (Å²) < 4.78 is 5.07. The molecule has 0 aliphatic rings. The van der Waals surface area contributed by atoms with Crippen LogP contribution in [0.25, 0.3) is 0 Å². The highest BCUT2D eigenvalue weighted by atomic mass is 32.1. The molecule has 3 N–H and O–H groups in total. The molecule has 0 radical (unpaired) electrons. The van der Waals surface area contributed by atoms with E-state index in [1.165, 1.54) is 0 Å². The molecule has 1 heterocycles. The zero-order chi connectivity index (χ0) is 13.5. The summed E-state index contributed by atoms with van der Waals surface area (Å²) in [5.41, 5.74) is 7.12. The summed E-state index contributed by atoms with van der Waals surface area (Å²) in [5, 5.41) is 3.19. The van der Waals surface area contributed by atoms with Gasteiger partial charge in [0.15, 0.2) is 0 Å². The number of thiocarbonyl (C=S) groups is 1. The standard InChI is InChI=1S/C13H21N3OS/c1-4-9(2)12(14)13(18)16-8-10-5-6-15-11(7-10)17-3/h5-7,9,12H,4,8,14H2,1-3H3,(H,16,18)/t9?,12-/m0/s1. The highest BCUT2D eigenvalue weighted by molar-refractivity contribution is 7.80. The Morgan fingerprint density at radius 3 is 2.94 bits per heavy atom. The number of nitrogens with zero attached hydrogens (tertiary/aromatic N) is 1. The number of nitrogens with two attached hydrogens (primary N) is 1. The lowest BCUT2D eigenvalue weighted by Crippen LogP contribution is -2.43. The van der Waals surface area contributed by atoms with Crippen molar-refractivity contribution in [3.8, 4) is 5.88 Å². The summed E-state index contributed by atoms with van der Waals surface area (Å²) in [7, 11) is 1.60. The van der Waals surface area contributed by atoms with Crippen molar-refractivity contribution < 1.29 is 4.74 Å². The van der Waals surface area contributed by atoms with E-state index in [1.807, 2.05) is 12.1 Å². The molecule has 1 unspecified atom stereocenters. The van der Waals surface area contributed by atoms with Crippen LogP contribution >= 0.6 is 12.2 Å². The van der Waals surface area contributed by atoms with Crippen LogP contribution in [0.2, 0.25) is 0 Å². The molecule has 5 heteroatoms. The van der Waals surface area contributed by atoms with Gasteiger partial charge in [0.2, 0.25) is 5.88 Å². The minimum absolute atomic E-state index is 0.0891. The van der Waals surface area contributed by atoms with Crippen molar-refractivity contribution in [2.24, 2.45) is 11.7 Å². The molecule has 0 aliphatic heterocycles. The zero-order valence-corrected chi connectivity index (χ0v) is 12.0. The molecule has 18 heavy (non-hydrogen) atoms. The van der Waals surface area contributed by atoms with E-state index in [-0.39, 0.29) is 6.04 Å². The van der Waals surface area contributed by atoms with E-state index >= 15 is 0 Å². The third-order valence-electron chi connectivity index (χ3n) is 3.03. The number of pyridine rings is 1. The number of hydrogen-bond acceptors (Lipinski definition) is 4. The second-order valence-corrected chi connectivity index (χ2v) is 4.78. The molecule has 0 aromatic carbocycles. The minimum Gasteiger partial charge on any atom is -0.481 e. The Balaban J connectivity index is 2.51. The Bertz CT molecular complexity index is 398. The van der Waals surface area contributed by atoms with E-state index in [2.05, 4.69) is 24.1 Å². The van der Waals surface area contributed by atoms with Crippen molar-refractivity contribution >= 4 is 17.2 Å². The third-order valence-corrected chi connectivity index (χ3v) is 3.45. The summed E-state index contributed by atoms with van der Waals surface area (Å²) in [6.07, 6.45) is 2.74. The molecule has 0 aliphatic carbocycles. The van der Waals surface area contributed by atoms with Crippen molar-refractivity contribution in [2.75, 3.05) is 7.11 Å². The molecule has 0 fully saturated rings. The van der Waals surface area contributed by atoms with E-state index in [0.717, 1.165) is 12.0 Å². The van der Waals surface area contributed by atoms with Gasteiger partial charge in [0.1, 0.15) is 0 Å². The van der Waals surface area contributed by atoms with E-state index in [1.54, 1.807) is 13.3 Å². The largest absolute Gasteiger partial charge is 0.481 e. The van der Waals surface area contributed by atoms with Gasteiger partial charge in [-0.3, -0.25) is 0 Å². The lowest BCUT2D eigenvalue weighted by Gasteiger charge is -2.20. The molecule has 0 spiro atoms. The number of hydrogen-bond donors (Lipinski definition) is 2. The van der Waals surface area contributed by atoms with Gasteiger partial charge < -0.3 is 15.8 Å². The Morgan fingerprint density at radius 1 is 1.61 bits per heavy atom. The lowest BCUT2D eigenvalue weighted by molar-refractivity contribution is 0.397. The van der Waals surface area contributed by atoms with Gasteiger partial charge in [-0.05, 0) is 17.5 Å². The van der Waals surface area contributed by atoms with Crippen molar-refractivity contribution in [1.29, 1.82) is 0 Å². The Hall–Kier alpha value is -1.20. The molecule has 2 atom stereocenters. The molecular weight excluding hydrogens is 246 g/mol. The van der Waals surface area contributed by atoms with E-state index in [0.29, 0.717) is 23.3 Å². The number of methoxy groups -OCH3 is 1. The maximum absolute atomic E-state index is 6.05. The predicted octanol–water partition coefficient (Wildman–Crippen LogP) is 1.88. The smallest absolute Gasteiger partial charge is 0.213 e. The molecule has 1 rings (SSSR count). The average Bonchev–Trinajstić information content (AvgIpc) is 2.43. The summed E-state index contributed by atoms with van der Waals surface area (Å²) in [6, 6.07) is 3.71. The fourth-order valence-corrected chi connectivity index (χ4v) is 1.80. The van der Waals surface area contributed by atoms with Crippen molar-refractivity contribution in [2.45, 2.75) is 32.9 Å². The summed E-state index contributed by atoms with van der Waals surface area (Å²) in [5.74, 6) is 0.989. The van der Waals surface area contributed by atoms with Crippen LogP contribution in [0.1, 0.15) is 25.8 Å². The van der Waals surface area contributed by atoms with Crippen LogP contribution < -0.4 is 15.8 Å². The molecule has 0 amide bonds. The first kappa shape index (κ1) is 14.9. The fourth-order valence-electron chi connectivity index (χ4n) is 1.49. The topological polar surface area (TPSA) is 60.2 Å². The molecule has 1 aromatic rings. The number of rotatable bonds is 6. The number of aromatic nitrogens is 1. The Labute approximate surface area is 114 Å². The van der Waals surface area contributed by atoms with Crippen LogP contribution in [0.5, 0.6) is 5.88 Å². The molecule has 4 nitrogen and oxygen atoms in total. The van der Waals surface area contributed by atoms with Crippen molar-refractivity contribution in [1.82, 2.24) is 10.3 Å². The second-order valence-electron chi connectivity index (χ2n) is 4.34. The van der Waals surface area contributed by atoms with Gasteiger partial charge in [0.25, 0.3) is 0 Å². The molecule has 0 saturated carbocycles. The van der Waals surface area contributed by atoms with Gasteiger partial charge in [-0.15, -0.1) is 0 Å². The van der Waals surface area contributed by atoms with E-state index in [4.69, 9.17) is 22.7 Å². The minimum atomic E-state index is -0.0891. The normalized spacial score (nSPS) is 13.8. The first-order valence-electron chi connectivity index (χ1n) is 6.10. The highest BCUT2D eigenvalue weighted by Gasteiger charge is 2.15. The number of nitrogens with one attached hydrogen (secondary N) is 1. The zero-order valence-electron chi connectivity index (χ0n) is 11.1. The van der Waals surface area contributed by atoms with E-state index in [9.17, 15) is 0 Å². The molecule has 1 aromatic heterocycles. The van der Waals surface area contributed by atoms with Crippen LogP contribution in [0, 0.1) is 5.92 Å². The monoisotopic (exact) mass is 267 g/mol. The SMILES string of the molecule is CCC(C)[C@H](N)C(=S)NCc1ccnc(OC)c1. The maximum Gasteiger partial charge on any atom is 0.213 e. The quantitative estimate of drug-likeness (QED) is 0.771. The summed E-state index contributed by atoms with van der Waals surface area (Å²) in [6.45, 7) is 4.86. The van der Waals surface area contributed by atoms with Gasteiger partial charge in [0, 0.05) is 18.8 Å². The molecule has 0 bridgehead atoms.